The highest BCUT2D eigenvalue weighted by molar-refractivity contribution is 6.12. The van der Waals surface area contributed by atoms with Crippen molar-refractivity contribution < 1.29 is 9.21 Å². The second kappa shape index (κ2) is 7.16. The minimum Gasteiger partial charge on any atom is -0.436 e. The van der Waals surface area contributed by atoms with E-state index in [1.54, 1.807) is 0 Å². The molecule has 1 aromatic heterocycles. The lowest BCUT2D eigenvalue weighted by molar-refractivity contribution is 0.102. The van der Waals surface area contributed by atoms with Crippen molar-refractivity contribution in [2.45, 2.75) is 13.8 Å². The second-order valence-electron chi connectivity index (χ2n) is 7.51. The highest BCUT2D eigenvalue weighted by Crippen LogP contribution is 2.28. The van der Waals surface area contributed by atoms with E-state index in [0.29, 0.717) is 11.5 Å². The smallest absolute Gasteiger partial charge is 0.256 e. The summed E-state index contributed by atoms with van der Waals surface area (Å²) >= 11 is 0. The Bertz CT molecular complexity index is 1390. The van der Waals surface area contributed by atoms with Gasteiger partial charge in [0.1, 0.15) is 5.52 Å². The molecule has 146 valence electrons. The van der Waals surface area contributed by atoms with Gasteiger partial charge in [0.05, 0.1) is 0 Å². The molecule has 0 saturated carbocycles. The average Bonchev–Trinajstić information content (AvgIpc) is 3.18. The number of benzene rings is 4. The van der Waals surface area contributed by atoms with Crippen LogP contribution >= 0.6 is 0 Å². The lowest BCUT2D eigenvalue weighted by Crippen LogP contribution is -2.12. The van der Waals surface area contributed by atoms with Gasteiger partial charge in [0, 0.05) is 16.8 Å². The van der Waals surface area contributed by atoms with Gasteiger partial charge in [-0.3, -0.25) is 4.79 Å². The SMILES string of the molecule is Cc1cc(C)c2oc(-c3ccc(NC(=O)c4cccc5ccccc45)cc3)nc2c1. The number of hydrogen-bond donors (Lipinski definition) is 1. The number of amides is 1. The topological polar surface area (TPSA) is 55.1 Å². The van der Waals surface area contributed by atoms with E-state index in [0.717, 1.165) is 44.2 Å². The van der Waals surface area contributed by atoms with Gasteiger partial charge in [-0.1, -0.05) is 42.5 Å². The molecular weight excluding hydrogens is 372 g/mol. The van der Waals surface area contributed by atoms with Crippen molar-refractivity contribution in [1.82, 2.24) is 4.98 Å². The number of aryl methyl sites for hydroxylation is 2. The Kier molecular flexibility index (Phi) is 4.32. The lowest BCUT2D eigenvalue weighted by atomic mass is 10.0. The number of nitrogens with one attached hydrogen (secondary N) is 1. The molecule has 0 aliphatic heterocycles. The fraction of sp³-hybridized carbons (Fsp3) is 0.0769. The van der Waals surface area contributed by atoms with Gasteiger partial charge in [0.25, 0.3) is 5.91 Å². The maximum atomic E-state index is 12.8. The molecule has 0 atom stereocenters. The Hall–Kier alpha value is -3.92. The molecule has 0 aliphatic carbocycles. The third-order valence-corrected chi connectivity index (χ3v) is 5.24. The van der Waals surface area contributed by atoms with Crippen molar-refractivity contribution in [1.29, 1.82) is 0 Å². The molecule has 5 aromatic rings. The predicted molar refractivity (Wildman–Crippen MR) is 121 cm³/mol. The van der Waals surface area contributed by atoms with Crippen LogP contribution in [0.25, 0.3) is 33.3 Å². The maximum absolute atomic E-state index is 12.8. The van der Waals surface area contributed by atoms with E-state index >= 15 is 0 Å². The van der Waals surface area contributed by atoms with Crippen LogP contribution in [0.2, 0.25) is 0 Å². The van der Waals surface area contributed by atoms with Crippen LogP contribution in [0.5, 0.6) is 0 Å². The van der Waals surface area contributed by atoms with Crippen molar-refractivity contribution in [2.75, 3.05) is 5.32 Å². The van der Waals surface area contributed by atoms with Gasteiger partial charge in [-0.2, -0.15) is 0 Å². The molecule has 0 spiro atoms. The number of carbonyl (C=O) groups excluding carboxylic acids is 1. The molecule has 0 aliphatic rings. The number of anilines is 1. The van der Waals surface area contributed by atoms with Crippen LogP contribution in [-0.2, 0) is 0 Å². The fourth-order valence-corrected chi connectivity index (χ4v) is 3.82. The Balaban J connectivity index is 1.41. The molecule has 5 rings (SSSR count). The van der Waals surface area contributed by atoms with Crippen molar-refractivity contribution >= 4 is 33.5 Å². The third kappa shape index (κ3) is 3.22. The van der Waals surface area contributed by atoms with Crippen molar-refractivity contribution in [3.63, 3.8) is 0 Å². The fourth-order valence-electron chi connectivity index (χ4n) is 3.82. The van der Waals surface area contributed by atoms with Gasteiger partial charge in [-0.25, -0.2) is 4.98 Å². The Morgan fingerprint density at radius 3 is 2.50 bits per heavy atom. The quantitative estimate of drug-likeness (QED) is 0.380. The zero-order valence-electron chi connectivity index (χ0n) is 16.8. The Morgan fingerprint density at radius 1 is 0.900 bits per heavy atom. The van der Waals surface area contributed by atoms with Gasteiger partial charge < -0.3 is 9.73 Å². The lowest BCUT2D eigenvalue weighted by Gasteiger charge is -2.08. The summed E-state index contributed by atoms with van der Waals surface area (Å²) < 4.78 is 5.98. The summed E-state index contributed by atoms with van der Waals surface area (Å²) in [6, 6.07) is 25.3. The molecule has 4 nitrogen and oxygen atoms in total. The molecule has 0 saturated heterocycles. The van der Waals surface area contributed by atoms with Gasteiger partial charge in [-0.15, -0.1) is 0 Å². The number of oxazole rings is 1. The zero-order chi connectivity index (χ0) is 20.7. The summed E-state index contributed by atoms with van der Waals surface area (Å²) in [6.45, 7) is 4.07. The van der Waals surface area contributed by atoms with Crippen molar-refractivity contribution in [2.24, 2.45) is 0 Å². The Morgan fingerprint density at radius 2 is 1.67 bits per heavy atom. The monoisotopic (exact) mass is 392 g/mol. The molecule has 0 radical (unpaired) electrons. The molecule has 0 bridgehead atoms. The first-order valence-electron chi connectivity index (χ1n) is 9.86. The van der Waals surface area contributed by atoms with Gasteiger partial charge >= 0.3 is 0 Å². The predicted octanol–water partition coefficient (Wildman–Crippen LogP) is 6.52. The average molecular weight is 392 g/mol. The van der Waals surface area contributed by atoms with E-state index in [1.807, 2.05) is 86.6 Å². The number of aromatic nitrogens is 1. The van der Waals surface area contributed by atoms with Crippen LogP contribution in [0.3, 0.4) is 0 Å². The van der Waals surface area contributed by atoms with E-state index in [9.17, 15) is 4.79 Å². The first-order valence-corrected chi connectivity index (χ1v) is 9.86. The summed E-state index contributed by atoms with van der Waals surface area (Å²) in [5, 5.41) is 4.96. The first-order chi connectivity index (χ1) is 14.6. The first kappa shape index (κ1) is 18.1. The zero-order valence-corrected chi connectivity index (χ0v) is 16.8. The number of fused-ring (bicyclic) bond motifs is 2. The Labute approximate surface area is 174 Å². The number of rotatable bonds is 3. The molecule has 4 aromatic carbocycles. The summed E-state index contributed by atoms with van der Waals surface area (Å²) in [5.74, 6) is 0.443. The third-order valence-electron chi connectivity index (χ3n) is 5.24. The van der Waals surface area contributed by atoms with E-state index in [-0.39, 0.29) is 5.91 Å². The number of hydrogen-bond acceptors (Lipinski definition) is 3. The molecule has 1 heterocycles. The van der Waals surface area contributed by atoms with Crippen LogP contribution in [0.1, 0.15) is 21.5 Å². The normalized spacial score (nSPS) is 11.1. The minimum absolute atomic E-state index is 0.132. The highest BCUT2D eigenvalue weighted by Gasteiger charge is 2.13. The summed E-state index contributed by atoms with van der Waals surface area (Å²) in [6.07, 6.45) is 0. The minimum atomic E-state index is -0.132. The molecule has 1 N–H and O–H groups in total. The van der Waals surface area contributed by atoms with Crippen LogP contribution in [0.4, 0.5) is 5.69 Å². The van der Waals surface area contributed by atoms with Crippen LogP contribution in [0.15, 0.2) is 83.3 Å². The van der Waals surface area contributed by atoms with Gasteiger partial charge in [-0.05, 0) is 72.1 Å². The number of carbonyl (C=O) groups is 1. The van der Waals surface area contributed by atoms with E-state index < -0.39 is 0 Å². The van der Waals surface area contributed by atoms with E-state index in [4.69, 9.17) is 4.42 Å². The van der Waals surface area contributed by atoms with Gasteiger partial charge in [0.2, 0.25) is 5.89 Å². The van der Waals surface area contributed by atoms with E-state index in [1.165, 1.54) is 0 Å². The molecule has 0 fully saturated rings. The molecule has 0 unspecified atom stereocenters. The molecule has 4 heteroatoms. The molecular formula is C26H20N2O2. The second-order valence-corrected chi connectivity index (χ2v) is 7.51. The maximum Gasteiger partial charge on any atom is 0.256 e. The standard InChI is InChI=1S/C26H20N2O2/c1-16-14-17(2)24-23(15-16)28-26(30-24)19-10-12-20(13-11-19)27-25(29)22-9-5-7-18-6-3-4-8-21(18)22/h3-15H,1-2H3,(H,27,29). The van der Waals surface area contributed by atoms with Crippen LogP contribution < -0.4 is 5.32 Å². The van der Waals surface area contributed by atoms with E-state index in [2.05, 4.69) is 16.4 Å². The van der Waals surface area contributed by atoms with Crippen molar-refractivity contribution in [3.05, 3.63) is 95.6 Å². The molecule has 1 amide bonds. The van der Waals surface area contributed by atoms with Crippen LogP contribution in [0, 0.1) is 13.8 Å². The summed E-state index contributed by atoms with van der Waals surface area (Å²) in [4.78, 5) is 17.5. The highest BCUT2D eigenvalue weighted by atomic mass is 16.3. The largest absolute Gasteiger partial charge is 0.436 e. The van der Waals surface area contributed by atoms with Crippen LogP contribution in [-0.4, -0.2) is 10.9 Å². The summed E-state index contributed by atoms with van der Waals surface area (Å²) in [5.41, 5.74) is 6.14. The molecule has 30 heavy (non-hydrogen) atoms. The van der Waals surface area contributed by atoms with Gasteiger partial charge in [0.15, 0.2) is 5.58 Å². The number of nitrogens with zero attached hydrogens (tertiary/aromatic N) is 1. The van der Waals surface area contributed by atoms with Crippen molar-refractivity contribution in [3.8, 4) is 11.5 Å². The summed E-state index contributed by atoms with van der Waals surface area (Å²) in [7, 11) is 0.